The van der Waals surface area contributed by atoms with Crippen LogP contribution in [-0.2, 0) is 0 Å². The Morgan fingerprint density at radius 1 is 1.26 bits per heavy atom. The van der Waals surface area contributed by atoms with Crippen molar-refractivity contribution >= 4 is 11.8 Å². The average molecular weight is 281 g/mol. The Bertz CT molecular complexity index is 394. The summed E-state index contributed by atoms with van der Waals surface area (Å²) in [7, 11) is 0. The molecule has 0 amide bonds. The Morgan fingerprint density at radius 2 is 2.11 bits per heavy atom. The molecule has 2 rings (SSSR count). The van der Waals surface area contributed by atoms with Crippen LogP contribution in [0.4, 0.5) is 4.39 Å². The number of fused-ring (bicyclic) bond motifs is 1. The first-order chi connectivity index (χ1) is 9.31. The summed E-state index contributed by atoms with van der Waals surface area (Å²) in [6.07, 6.45) is 7.61. The van der Waals surface area contributed by atoms with Crippen molar-refractivity contribution in [2.24, 2.45) is 0 Å². The summed E-state index contributed by atoms with van der Waals surface area (Å²) in [6, 6.07) is 5.54. The fraction of sp³-hybridized carbons (Fsp3) is 0.625. The van der Waals surface area contributed by atoms with Crippen molar-refractivity contribution in [3.8, 4) is 0 Å². The summed E-state index contributed by atoms with van der Waals surface area (Å²) in [5, 5.41) is 3.60. The summed E-state index contributed by atoms with van der Waals surface area (Å²) in [5.41, 5.74) is 1.16. The largest absolute Gasteiger partial charge is 0.310 e. The molecule has 0 fully saturated rings. The first kappa shape index (κ1) is 14.9. The van der Waals surface area contributed by atoms with E-state index < -0.39 is 0 Å². The molecule has 0 radical (unpaired) electrons. The van der Waals surface area contributed by atoms with Gasteiger partial charge < -0.3 is 5.32 Å². The lowest BCUT2D eigenvalue weighted by Crippen LogP contribution is -2.25. The molecule has 0 saturated carbocycles. The zero-order valence-electron chi connectivity index (χ0n) is 11.8. The number of halogens is 1. The van der Waals surface area contributed by atoms with Crippen molar-refractivity contribution < 1.29 is 4.39 Å². The zero-order chi connectivity index (χ0) is 13.5. The minimum Gasteiger partial charge on any atom is -0.310 e. The summed E-state index contributed by atoms with van der Waals surface area (Å²) >= 11 is 1.84. The fourth-order valence-corrected chi connectivity index (χ4v) is 3.69. The van der Waals surface area contributed by atoms with Crippen LogP contribution in [0.1, 0.15) is 57.1 Å². The third kappa shape index (κ3) is 4.50. The SMILES string of the molecule is CCCCCCCNC1CCSc2ccc(F)cc21. The van der Waals surface area contributed by atoms with Gasteiger partial charge in [0.2, 0.25) is 0 Å². The molecule has 1 atom stereocenters. The highest BCUT2D eigenvalue weighted by molar-refractivity contribution is 7.99. The van der Waals surface area contributed by atoms with Crippen molar-refractivity contribution in [1.29, 1.82) is 0 Å². The molecule has 3 heteroatoms. The van der Waals surface area contributed by atoms with E-state index in [-0.39, 0.29) is 5.82 Å². The first-order valence-corrected chi connectivity index (χ1v) is 8.45. The van der Waals surface area contributed by atoms with Gasteiger partial charge in [-0.15, -0.1) is 11.8 Å². The van der Waals surface area contributed by atoms with E-state index in [1.807, 2.05) is 17.8 Å². The van der Waals surface area contributed by atoms with Gasteiger partial charge in [0.1, 0.15) is 5.82 Å². The van der Waals surface area contributed by atoms with Gasteiger partial charge in [-0.1, -0.05) is 32.6 Å². The zero-order valence-corrected chi connectivity index (χ0v) is 12.6. The molecule has 0 saturated heterocycles. The fourth-order valence-electron chi connectivity index (χ4n) is 2.58. The van der Waals surface area contributed by atoms with E-state index >= 15 is 0 Å². The summed E-state index contributed by atoms with van der Waals surface area (Å²) < 4.78 is 13.4. The molecule has 19 heavy (non-hydrogen) atoms. The van der Waals surface area contributed by atoms with E-state index in [4.69, 9.17) is 0 Å². The number of unbranched alkanes of at least 4 members (excludes halogenated alkanes) is 4. The third-order valence-corrected chi connectivity index (χ3v) is 4.81. The minimum absolute atomic E-state index is 0.115. The van der Waals surface area contributed by atoms with Gasteiger partial charge in [0.05, 0.1) is 0 Å². The first-order valence-electron chi connectivity index (χ1n) is 7.47. The Kier molecular flexibility index (Phi) is 6.18. The van der Waals surface area contributed by atoms with Gasteiger partial charge in [-0.25, -0.2) is 4.39 Å². The van der Waals surface area contributed by atoms with Gasteiger partial charge in [-0.2, -0.15) is 0 Å². The Labute approximate surface area is 120 Å². The molecular formula is C16H24FNS. The molecule has 1 aromatic rings. The molecule has 0 aliphatic carbocycles. The molecule has 0 aromatic heterocycles. The highest BCUT2D eigenvalue weighted by Gasteiger charge is 2.20. The summed E-state index contributed by atoms with van der Waals surface area (Å²) in [4.78, 5) is 1.25. The quantitative estimate of drug-likeness (QED) is 0.712. The standard InChI is InChI=1S/C16H24FNS/c1-2-3-4-5-6-10-18-15-9-11-19-16-8-7-13(17)12-14(15)16/h7-8,12,15,18H,2-6,9-11H2,1H3. The van der Waals surface area contributed by atoms with Crippen LogP contribution in [0, 0.1) is 5.82 Å². The van der Waals surface area contributed by atoms with Crippen molar-refractivity contribution in [2.45, 2.75) is 56.4 Å². The molecule has 1 aliphatic heterocycles. The van der Waals surface area contributed by atoms with Gasteiger partial charge in [-0.3, -0.25) is 0 Å². The second-order valence-corrected chi connectivity index (χ2v) is 6.38. The van der Waals surface area contributed by atoms with Crippen LogP contribution >= 0.6 is 11.8 Å². The number of thioether (sulfide) groups is 1. The Morgan fingerprint density at radius 3 is 2.95 bits per heavy atom. The number of benzene rings is 1. The second kappa shape index (κ2) is 7.91. The smallest absolute Gasteiger partial charge is 0.123 e. The molecule has 1 aliphatic rings. The highest BCUT2D eigenvalue weighted by atomic mass is 32.2. The maximum absolute atomic E-state index is 13.4. The average Bonchev–Trinajstić information content (AvgIpc) is 2.43. The van der Waals surface area contributed by atoms with E-state index in [9.17, 15) is 4.39 Å². The lowest BCUT2D eigenvalue weighted by Gasteiger charge is -2.26. The molecule has 1 aromatic carbocycles. The molecule has 0 bridgehead atoms. The molecule has 106 valence electrons. The van der Waals surface area contributed by atoms with Crippen LogP contribution in [0.2, 0.25) is 0 Å². The molecule has 1 unspecified atom stereocenters. The van der Waals surface area contributed by atoms with Gasteiger partial charge in [0.15, 0.2) is 0 Å². The van der Waals surface area contributed by atoms with Crippen LogP contribution in [0.25, 0.3) is 0 Å². The molecule has 1 N–H and O–H groups in total. The predicted molar refractivity (Wildman–Crippen MR) is 81.2 cm³/mol. The van der Waals surface area contributed by atoms with Crippen molar-refractivity contribution in [2.75, 3.05) is 12.3 Å². The topological polar surface area (TPSA) is 12.0 Å². The normalized spacial score (nSPS) is 18.3. The van der Waals surface area contributed by atoms with Crippen LogP contribution < -0.4 is 5.32 Å². The summed E-state index contributed by atoms with van der Waals surface area (Å²) in [6.45, 7) is 3.29. The third-order valence-electron chi connectivity index (χ3n) is 3.68. The Hall–Kier alpha value is -0.540. The summed E-state index contributed by atoms with van der Waals surface area (Å²) in [5.74, 6) is 1.02. The van der Waals surface area contributed by atoms with Gasteiger partial charge in [0, 0.05) is 10.9 Å². The van der Waals surface area contributed by atoms with Crippen LogP contribution in [0.3, 0.4) is 0 Å². The predicted octanol–water partition coefficient (Wildman–Crippen LogP) is 4.92. The molecular weight excluding hydrogens is 257 g/mol. The number of hydrogen-bond acceptors (Lipinski definition) is 2. The lowest BCUT2D eigenvalue weighted by molar-refractivity contribution is 0.485. The van der Waals surface area contributed by atoms with Crippen LogP contribution in [0.5, 0.6) is 0 Å². The minimum atomic E-state index is -0.115. The maximum atomic E-state index is 13.4. The number of nitrogens with one attached hydrogen (secondary N) is 1. The van der Waals surface area contributed by atoms with Crippen LogP contribution in [-0.4, -0.2) is 12.3 Å². The van der Waals surface area contributed by atoms with E-state index in [0.717, 1.165) is 24.3 Å². The van der Waals surface area contributed by atoms with Crippen molar-refractivity contribution in [1.82, 2.24) is 5.32 Å². The molecule has 0 spiro atoms. The number of rotatable bonds is 7. The second-order valence-electron chi connectivity index (χ2n) is 5.24. The van der Waals surface area contributed by atoms with E-state index in [1.165, 1.54) is 37.0 Å². The van der Waals surface area contributed by atoms with Gasteiger partial charge >= 0.3 is 0 Å². The lowest BCUT2D eigenvalue weighted by atomic mass is 10.0. The monoisotopic (exact) mass is 281 g/mol. The van der Waals surface area contributed by atoms with Crippen molar-refractivity contribution in [3.63, 3.8) is 0 Å². The van der Waals surface area contributed by atoms with E-state index in [2.05, 4.69) is 12.2 Å². The van der Waals surface area contributed by atoms with Crippen molar-refractivity contribution in [3.05, 3.63) is 29.6 Å². The number of hydrogen-bond donors (Lipinski definition) is 1. The van der Waals surface area contributed by atoms with Gasteiger partial charge in [-0.05, 0) is 48.9 Å². The van der Waals surface area contributed by atoms with Crippen LogP contribution in [0.15, 0.2) is 23.1 Å². The Balaban J connectivity index is 1.80. The van der Waals surface area contributed by atoms with E-state index in [0.29, 0.717) is 6.04 Å². The maximum Gasteiger partial charge on any atom is 0.123 e. The van der Waals surface area contributed by atoms with Gasteiger partial charge in [0.25, 0.3) is 0 Å². The highest BCUT2D eigenvalue weighted by Crippen LogP contribution is 2.36. The molecule has 1 heterocycles. The van der Waals surface area contributed by atoms with E-state index in [1.54, 1.807) is 12.1 Å². The molecule has 1 nitrogen and oxygen atoms in total.